The van der Waals surface area contributed by atoms with Crippen LogP contribution in [0.3, 0.4) is 0 Å². The zero-order valence-corrected chi connectivity index (χ0v) is 17.7. The summed E-state index contributed by atoms with van der Waals surface area (Å²) in [5.74, 6) is 0. The second-order valence-corrected chi connectivity index (χ2v) is 10.2. The SMILES string of the molecule is COP(=O)(OC)C(Cl)Cc1cc(-n2nc3c(c2Cl)CCCC3)ccc1Cl. The van der Waals surface area contributed by atoms with Gasteiger partial charge in [0.15, 0.2) is 0 Å². The van der Waals surface area contributed by atoms with Gasteiger partial charge in [0.25, 0.3) is 0 Å². The first-order valence-corrected chi connectivity index (χ1v) is 11.1. The molecule has 0 saturated carbocycles. The molecule has 9 heteroatoms. The first-order valence-electron chi connectivity index (χ1n) is 8.30. The van der Waals surface area contributed by atoms with E-state index in [9.17, 15) is 4.57 Å². The van der Waals surface area contributed by atoms with Gasteiger partial charge in [-0.1, -0.05) is 23.2 Å². The second-order valence-electron chi connectivity index (χ2n) is 6.15. The van der Waals surface area contributed by atoms with Gasteiger partial charge < -0.3 is 9.05 Å². The predicted octanol–water partition coefficient (Wildman–Crippen LogP) is 5.65. The molecule has 1 aromatic heterocycles. The smallest absolute Gasteiger partial charge is 0.311 e. The van der Waals surface area contributed by atoms with Crippen molar-refractivity contribution < 1.29 is 13.6 Å². The summed E-state index contributed by atoms with van der Waals surface area (Å²) in [4.78, 5) is 0. The van der Waals surface area contributed by atoms with Gasteiger partial charge in [-0.15, -0.1) is 11.6 Å². The average Bonchev–Trinajstić information content (AvgIpc) is 3.00. The lowest BCUT2D eigenvalue weighted by molar-refractivity contribution is 0.273. The zero-order chi connectivity index (χ0) is 18.9. The lowest BCUT2D eigenvalue weighted by atomic mass is 9.99. The number of alkyl halides is 1. The fourth-order valence-corrected chi connectivity index (χ4v) is 5.34. The highest BCUT2D eigenvalue weighted by molar-refractivity contribution is 7.56. The first kappa shape index (κ1) is 20.2. The monoisotopic (exact) mass is 436 g/mol. The molecule has 0 aliphatic heterocycles. The van der Waals surface area contributed by atoms with Crippen LogP contribution in [0.2, 0.25) is 10.2 Å². The Kier molecular flexibility index (Phi) is 6.38. The number of nitrogens with zero attached hydrogens (tertiary/aromatic N) is 2. The molecule has 1 heterocycles. The summed E-state index contributed by atoms with van der Waals surface area (Å²) in [6.45, 7) is 0. The molecule has 26 heavy (non-hydrogen) atoms. The van der Waals surface area contributed by atoms with Crippen LogP contribution >= 0.6 is 42.4 Å². The highest BCUT2D eigenvalue weighted by Crippen LogP contribution is 2.54. The van der Waals surface area contributed by atoms with Crippen molar-refractivity contribution in [2.24, 2.45) is 0 Å². The Hall–Kier alpha value is -0.550. The quantitative estimate of drug-likeness (QED) is 0.433. The highest BCUT2D eigenvalue weighted by atomic mass is 35.5. The average molecular weight is 438 g/mol. The summed E-state index contributed by atoms with van der Waals surface area (Å²) in [6.07, 6.45) is 4.37. The van der Waals surface area contributed by atoms with Crippen molar-refractivity contribution in [3.63, 3.8) is 0 Å². The van der Waals surface area contributed by atoms with Crippen molar-refractivity contribution in [2.45, 2.75) is 37.2 Å². The molecule has 0 saturated heterocycles. The molecule has 0 bridgehead atoms. The fourth-order valence-electron chi connectivity index (χ4n) is 3.13. The van der Waals surface area contributed by atoms with Crippen LogP contribution in [0.4, 0.5) is 0 Å². The van der Waals surface area contributed by atoms with Crippen molar-refractivity contribution in [3.8, 4) is 5.69 Å². The molecule has 1 aliphatic carbocycles. The standard InChI is InChI=1S/C17H20Cl3N2O3P/c1-24-26(23,25-2)16(19)10-11-9-12(7-8-14(11)18)22-17(20)13-5-3-4-6-15(13)21-22/h7-9,16H,3-6,10H2,1-2H3. The van der Waals surface area contributed by atoms with Gasteiger partial charge in [0.2, 0.25) is 0 Å². The van der Waals surface area contributed by atoms with E-state index < -0.39 is 12.7 Å². The molecule has 2 aromatic rings. The molecule has 142 valence electrons. The molecule has 1 atom stereocenters. The number of halogens is 3. The summed E-state index contributed by atoms with van der Waals surface area (Å²) in [5, 5.41) is 4.95. The van der Waals surface area contributed by atoms with Crippen molar-refractivity contribution >= 4 is 42.4 Å². The fraction of sp³-hybridized carbons (Fsp3) is 0.471. The highest BCUT2D eigenvalue weighted by Gasteiger charge is 2.33. The Bertz CT molecular complexity index is 848. The van der Waals surface area contributed by atoms with E-state index in [2.05, 4.69) is 5.10 Å². The number of rotatable bonds is 6. The molecule has 0 spiro atoms. The van der Waals surface area contributed by atoms with E-state index in [1.165, 1.54) is 14.2 Å². The van der Waals surface area contributed by atoms with Crippen LogP contribution in [0, 0.1) is 0 Å². The van der Waals surface area contributed by atoms with Gasteiger partial charge >= 0.3 is 7.60 Å². The molecule has 0 fully saturated rings. The number of hydrogen-bond donors (Lipinski definition) is 0. The maximum absolute atomic E-state index is 12.4. The summed E-state index contributed by atoms with van der Waals surface area (Å²) >= 11 is 19.1. The topological polar surface area (TPSA) is 53.4 Å². The van der Waals surface area contributed by atoms with E-state index in [1.54, 1.807) is 10.7 Å². The molecule has 1 unspecified atom stereocenters. The van der Waals surface area contributed by atoms with Crippen molar-refractivity contribution in [1.82, 2.24) is 9.78 Å². The molecule has 3 rings (SSSR count). The Morgan fingerprint density at radius 1 is 1.23 bits per heavy atom. The molecule has 1 aromatic carbocycles. The molecule has 0 amide bonds. The largest absolute Gasteiger partial charge is 0.348 e. The minimum Gasteiger partial charge on any atom is -0.311 e. The van der Waals surface area contributed by atoms with Crippen molar-refractivity contribution in [1.29, 1.82) is 0 Å². The normalized spacial score (nSPS) is 15.7. The van der Waals surface area contributed by atoms with Gasteiger partial charge in [-0.2, -0.15) is 5.10 Å². The van der Waals surface area contributed by atoms with Gasteiger partial charge in [-0.05, 0) is 49.4 Å². The zero-order valence-electron chi connectivity index (χ0n) is 14.5. The summed E-state index contributed by atoms with van der Waals surface area (Å²) in [7, 11) is -0.779. The van der Waals surface area contributed by atoms with E-state index in [0.29, 0.717) is 10.2 Å². The summed E-state index contributed by atoms with van der Waals surface area (Å²) in [6, 6.07) is 5.47. The molecule has 0 radical (unpaired) electrons. The Morgan fingerprint density at radius 3 is 2.58 bits per heavy atom. The number of aromatic nitrogens is 2. The Balaban J connectivity index is 1.94. The predicted molar refractivity (Wildman–Crippen MR) is 105 cm³/mol. The third-order valence-corrected chi connectivity index (χ3v) is 8.12. The molecule has 0 N–H and O–H groups in total. The van der Waals surface area contributed by atoms with E-state index in [0.717, 1.165) is 48.2 Å². The number of hydrogen-bond acceptors (Lipinski definition) is 4. The van der Waals surface area contributed by atoms with Gasteiger partial charge in [-0.25, -0.2) is 4.68 Å². The van der Waals surface area contributed by atoms with Crippen LogP contribution in [0.15, 0.2) is 18.2 Å². The second kappa shape index (κ2) is 8.22. The molecule has 1 aliphatic rings. The van der Waals surface area contributed by atoms with Crippen LogP contribution in [0.5, 0.6) is 0 Å². The van der Waals surface area contributed by atoms with E-state index >= 15 is 0 Å². The molecular weight excluding hydrogens is 418 g/mol. The lowest BCUT2D eigenvalue weighted by Crippen LogP contribution is -2.09. The summed E-state index contributed by atoms with van der Waals surface area (Å²) in [5.41, 5.74) is 3.68. The maximum Gasteiger partial charge on any atom is 0.348 e. The number of aryl methyl sites for hydroxylation is 1. The van der Waals surface area contributed by atoms with E-state index in [4.69, 9.17) is 43.9 Å². The summed E-state index contributed by atoms with van der Waals surface area (Å²) < 4.78 is 24.1. The third kappa shape index (κ3) is 3.84. The third-order valence-electron chi connectivity index (χ3n) is 4.61. The van der Waals surface area contributed by atoms with Crippen LogP contribution in [0.25, 0.3) is 5.69 Å². The van der Waals surface area contributed by atoms with Crippen LogP contribution in [-0.2, 0) is 32.9 Å². The van der Waals surface area contributed by atoms with Gasteiger partial charge in [0.05, 0.1) is 11.4 Å². The Labute approximate surface area is 168 Å². The van der Waals surface area contributed by atoms with E-state index in [-0.39, 0.29) is 6.42 Å². The number of fused-ring (bicyclic) bond motifs is 1. The first-order chi connectivity index (χ1) is 12.4. The molecular formula is C17H20Cl3N2O3P. The number of benzene rings is 1. The van der Waals surface area contributed by atoms with Crippen molar-refractivity contribution in [2.75, 3.05) is 14.2 Å². The molecule has 5 nitrogen and oxygen atoms in total. The minimum absolute atomic E-state index is 0.228. The lowest BCUT2D eigenvalue weighted by Gasteiger charge is -2.19. The van der Waals surface area contributed by atoms with Gasteiger partial charge in [0, 0.05) is 31.2 Å². The van der Waals surface area contributed by atoms with Crippen LogP contribution in [0.1, 0.15) is 29.7 Å². The minimum atomic E-state index is -3.40. The van der Waals surface area contributed by atoms with Gasteiger partial charge in [0.1, 0.15) is 10.3 Å². The van der Waals surface area contributed by atoms with E-state index in [1.807, 2.05) is 12.1 Å². The Morgan fingerprint density at radius 2 is 1.92 bits per heavy atom. The maximum atomic E-state index is 12.4. The van der Waals surface area contributed by atoms with Crippen molar-refractivity contribution in [3.05, 3.63) is 45.2 Å². The van der Waals surface area contributed by atoms with Crippen LogP contribution in [-0.4, -0.2) is 29.1 Å². The van der Waals surface area contributed by atoms with Crippen LogP contribution < -0.4 is 0 Å². The van der Waals surface area contributed by atoms with Gasteiger partial charge in [-0.3, -0.25) is 4.57 Å².